The van der Waals surface area contributed by atoms with Crippen molar-refractivity contribution in [3.8, 4) is 6.07 Å². The molecule has 68 valence electrons. The van der Waals surface area contributed by atoms with E-state index in [-0.39, 0.29) is 35.5 Å². The molecule has 0 N–H and O–H groups in total. The average Bonchev–Trinajstić information content (AvgIpc) is 2.39. The fourth-order valence-electron chi connectivity index (χ4n) is 1.52. The van der Waals surface area contributed by atoms with Crippen molar-refractivity contribution in [2.75, 3.05) is 0 Å². The van der Waals surface area contributed by atoms with E-state index in [1.165, 1.54) is 0 Å². The van der Waals surface area contributed by atoms with Crippen molar-refractivity contribution in [3.63, 3.8) is 0 Å². The van der Waals surface area contributed by atoms with Gasteiger partial charge in [0.15, 0.2) is 0 Å². The van der Waals surface area contributed by atoms with E-state index in [4.69, 9.17) is 5.26 Å². The molecule has 1 aliphatic rings. The summed E-state index contributed by atoms with van der Waals surface area (Å²) in [5.74, 6) is -1.17. The van der Waals surface area contributed by atoms with Crippen LogP contribution in [0.4, 0.5) is 0 Å². The van der Waals surface area contributed by atoms with Crippen molar-refractivity contribution in [3.05, 3.63) is 40.8 Å². The molecular formula is C11H6NNaO2. The fraction of sp³-hybridized carbons (Fsp3) is 0.0909. The molecule has 3 nitrogen and oxygen atoms in total. The van der Waals surface area contributed by atoms with Crippen molar-refractivity contribution in [1.29, 1.82) is 5.26 Å². The molecule has 0 saturated carbocycles. The summed E-state index contributed by atoms with van der Waals surface area (Å²) in [6, 6.07) is 6.63. The van der Waals surface area contributed by atoms with E-state index >= 15 is 0 Å². The molecule has 1 aromatic rings. The molecule has 0 bridgehead atoms. The summed E-state index contributed by atoms with van der Waals surface area (Å²) in [6.07, 6.45) is 0. The third kappa shape index (κ3) is 1.72. The summed E-state index contributed by atoms with van der Waals surface area (Å²) < 4.78 is 0. The molecule has 0 fully saturated rings. The molecule has 0 unspecified atom stereocenters. The second kappa shape index (κ2) is 4.19. The number of rotatable bonds is 0. The maximum Gasteiger partial charge on any atom is 1.00 e. The van der Waals surface area contributed by atoms with Gasteiger partial charge in [-0.15, -0.1) is 23.3 Å². The second-order valence-corrected chi connectivity index (χ2v) is 3.19. The number of Topliss-reactive ketones (excluding diaryl/α,β-unsaturated/α-hetero) is 2. The van der Waals surface area contributed by atoms with Gasteiger partial charge in [-0.1, -0.05) is 11.6 Å². The number of benzene rings is 1. The van der Waals surface area contributed by atoms with Crippen LogP contribution in [0.15, 0.2) is 18.2 Å². The molecular weight excluding hydrogens is 201 g/mol. The number of carbonyl (C=O) groups is 2. The molecule has 0 amide bonds. The van der Waals surface area contributed by atoms with Crippen LogP contribution in [0.3, 0.4) is 0 Å². The Kier molecular flexibility index (Phi) is 3.35. The first kappa shape index (κ1) is 12.0. The third-order valence-electron chi connectivity index (χ3n) is 2.23. The van der Waals surface area contributed by atoms with Crippen LogP contribution >= 0.6 is 0 Å². The van der Waals surface area contributed by atoms with Crippen LogP contribution in [-0.2, 0) is 0 Å². The standard InChI is InChI=1S/C11H6NO2.Na/c1-6-2-3-7-8(4-6)11(14)9(5-12)10(7)13;/h2-4H,1H3;/q-1;+1. The molecule has 0 atom stereocenters. The largest absolute Gasteiger partial charge is 1.00 e. The fourth-order valence-corrected chi connectivity index (χ4v) is 1.52. The molecule has 1 aliphatic carbocycles. The number of hydrogen-bond acceptors (Lipinski definition) is 3. The van der Waals surface area contributed by atoms with Gasteiger partial charge in [0, 0.05) is 12.0 Å². The maximum atomic E-state index is 11.5. The Hall–Kier alpha value is -1.08. The summed E-state index contributed by atoms with van der Waals surface area (Å²) >= 11 is 0. The van der Waals surface area contributed by atoms with Crippen LogP contribution in [0.2, 0.25) is 0 Å². The van der Waals surface area contributed by atoms with Gasteiger partial charge in [0.1, 0.15) is 0 Å². The van der Waals surface area contributed by atoms with Gasteiger partial charge in [-0.05, 0) is 6.92 Å². The number of carbonyl (C=O) groups excluding carboxylic acids is 2. The molecule has 4 heteroatoms. The molecule has 0 radical (unpaired) electrons. The number of ketones is 2. The van der Waals surface area contributed by atoms with Crippen LogP contribution < -0.4 is 29.6 Å². The topological polar surface area (TPSA) is 57.9 Å². The molecule has 1 aromatic carbocycles. The molecule has 2 rings (SSSR count). The Morgan fingerprint density at radius 1 is 1.20 bits per heavy atom. The Balaban J connectivity index is 0.00000112. The normalized spacial score (nSPS) is 13.2. The molecule has 15 heavy (non-hydrogen) atoms. The van der Waals surface area contributed by atoms with E-state index in [2.05, 4.69) is 0 Å². The molecule has 0 spiro atoms. The van der Waals surface area contributed by atoms with Gasteiger partial charge in [0.2, 0.25) is 0 Å². The van der Waals surface area contributed by atoms with Crippen LogP contribution in [0, 0.1) is 24.2 Å². The maximum absolute atomic E-state index is 11.5. The average molecular weight is 207 g/mol. The van der Waals surface area contributed by atoms with Gasteiger partial charge in [0.05, 0.1) is 11.6 Å². The van der Waals surface area contributed by atoms with Crippen LogP contribution in [0.25, 0.3) is 0 Å². The number of nitriles is 1. The van der Waals surface area contributed by atoms with Crippen molar-refractivity contribution >= 4 is 11.6 Å². The van der Waals surface area contributed by atoms with Gasteiger partial charge in [-0.25, -0.2) is 5.26 Å². The molecule has 0 saturated heterocycles. The first-order valence-electron chi connectivity index (χ1n) is 4.12. The zero-order valence-corrected chi connectivity index (χ0v) is 10.5. The number of fused-ring (bicyclic) bond motifs is 1. The summed E-state index contributed by atoms with van der Waals surface area (Å²) in [5.41, 5.74) is 1.60. The van der Waals surface area contributed by atoms with E-state index < -0.39 is 11.6 Å². The van der Waals surface area contributed by atoms with Gasteiger partial charge in [0.25, 0.3) is 0 Å². The van der Waals surface area contributed by atoms with Crippen molar-refractivity contribution < 1.29 is 39.1 Å². The Labute approximate surface area is 109 Å². The monoisotopic (exact) mass is 207 g/mol. The van der Waals surface area contributed by atoms with Gasteiger partial charge < -0.3 is 9.59 Å². The summed E-state index contributed by atoms with van der Waals surface area (Å²) in [4.78, 5) is 23.0. The van der Waals surface area contributed by atoms with E-state index in [1.54, 1.807) is 24.3 Å². The zero-order valence-electron chi connectivity index (χ0n) is 8.50. The molecule has 0 aromatic heterocycles. The number of hydrogen-bond donors (Lipinski definition) is 0. The van der Waals surface area contributed by atoms with Crippen molar-refractivity contribution in [1.82, 2.24) is 0 Å². The quantitative estimate of drug-likeness (QED) is 0.383. The predicted molar refractivity (Wildman–Crippen MR) is 48.7 cm³/mol. The first-order chi connectivity index (χ1) is 6.65. The summed E-state index contributed by atoms with van der Waals surface area (Å²) in [5, 5.41) is 8.62. The minimum Gasteiger partial charge on any atom is -0.318 e. The number of aryl methyl sites for hydroxylation is 1. The second-order valence-electron chi connectivity index (χ2n) is 3.19. The minimum atomic E-state index is -0.451. The Morgan fingerprint density at radius 3 is 2.40 bits per heavy atom. The predicted octanol–water partition coefficient (Wildman–Crippen LogP) is -1.52. The van der Waals surface area contributed by atoms with Crippen molar-refractivity contribution in [2.45, 2.75) is 6.92 Å². The van der Waals surface area contributed by atoms with Gasteiger partial charge in [-0.2, -0.15) is 0 Å². The van der Waals surface area contributed by atoms with Crippen LogP contribution in [-0.4, -0.2) is 11.6 Å². The van der Waals surface area contributed by atoms with Crippen molar-refractivity contribution in [2.24, 2.45) is 0 Å². The summed E-state index contributed by atoms with van der Waals surface area (Å²) in [6.45, 7) is 1.84. The smallest absolute Gasteiger partial charge is 0.318 e. The molecule has 0 aliphatic heterocycles. The SMILES string of the molecule is Cc1ccc2c(c1)C(=O)[C-](C#N)C2=O.[Na+]. The summed E-state index contributed by atoms with van der Waals surface area (Å²) in [7, 11) is 0. The number of nitrogens with zero attached hydrogens (tertiary/aromatic N) is 1. The zero-order chi connectivity index (χ0) is 10.3. The van der Waals surface area contributed by atoms with Gasteiger partial charge >= 0.3 is 29.6 Å². The van der Waals surface area contributed by atoms with Crippen LogP contribution in [0.1, 0.15) is 26.3 Å². The minimum absolute atomic E-state index is 0. The van der Waals surface area contributed by atoms with Crippen LogP contribution in [0.5, 0.6) is 0 Å². The van der Waals surface area contributed by atoms with E-state index in [0.717, 1.165) is 5.56 Å². The first-order valence-corrected chi connectivity index (χ1v) is 4.12. The molecule has 0 heterocycles. The Bertz CT molecular complexity index is 488. The Morgan fingerprint density at radius 2 is 1.80 bits per heavy atom. The van der Waals surface area contributed by atoms with E-state index in [1.807, 2.05) is 6.92 Å². The van der Waals surface area contributed by atoms with E-state index in [0.29, 0.717) is 11.1 Å². The van der Waals surface area contributed by atoms with E-state index in [9.17, 15) is 9.59 Å². The third-order valence-corrected chi connectivity index (χ3v) is 2.23. The van der Waals surface area contributed by atoms with Gasteiger partial charge in [-0.3, -0.25) is 0 Å².